The average molecular weight is 1680 g/mol. The maximum atomic E-state index is 13.0. The number of aromatic nitrogens is 6. The number of carbonyl (C=O) groups excluding carboxylic acids is 2. The van der Waals surface area contributed by atoms with Crippen molar-refractivity contribution in [3.8, 4) is 50.6 Å². The number of hydrogen-bond acceptors (Lipinski definition) is 15. The van der Waals surface area contributed by atoms with Crippen LogP contribution in [-0.2, 0) is 39.1 Å². The Bertz CT molecular complexity index is 5630. The van der Waals surface area contributed by atoms with Gasteiger partial charge in [-0.2, -0.15) is 26.3 Å². The number of benzene rings is 9. The van der Waals surface area contributed by atoms with Gasteiger partial charge in [-0.15, -0.1) is 0 Å². The summed E-state index contributed by atoms with van der Waals surface area (Å²) in [6.07, 6.45) is 5.71. The number of nitrogens with two attached hydrogens (primary N) is 1. The quantitative estimate of drug-likeness (QED) is 0.0238. The summed E-state index contributed by atoms with van der Waals surface area (Å²) in [6, 6.07) is 49.3. The summed E-state index contributed by atoms with van der Waals surface area (Å²) in [5.41, 5.74) is 14.6. The van der Waals surface area contributed by atoms with E-state index in [0.29, 0.717) is 104 Å². The van der Waals surface area contributed by atoms with E-state index in [-0.39, 0.29) is 99.4 Å². The lowest BCUT2D eigenvalue weighted by Gasteiger charge is -2.16. The van der Waals surface area contributed by atoms with Crippen molar-refractivity contribution in [3.63, 3.8) is 0 Å². The van der Waals surface area contributed by atoms with Gasteiger partial charge in [-0.3, -0.25) is 9.59 Å². The minimum atomic E-state index is -3.36. The van der Waals surface area contributed by atoms with Crippen LogP contribution < -0.4 is 30.6 Å². The zero-order valence-corrected chi connectivity index (χ0v) is 65.8. The van der Waals surface area contributed by atoms with Crippen LogP contribution in [0, 0.1) is 17.8 Å². The number of para-hydroxylation sites is 3. The van der Waals surface area contributed by atoms with Crippen molar-refractivity contribution in [2.45, 2.75) is 105 Å². The molecule has 3 aliphatic rings. The second-order valence-electron chi connectivity index (χ2n) is 28.2. The van der Waals surface area contributed by atoms with Crippen LogP contribution in [0.1, 0.15) is 104 Å². The first-order valence-electron chi connectivity index (χ1n) is 36.3. The van der Waals surface area contributed by atoms with Crippen molar-refractivity contribution in [3.05, 3.63) is 231 Å². The number of nitrogens with zero attached hydrogens (tertiary/aromatic N) is 3. The van der Waals surface area contributed by atoms with Crippen LogP contribution >= 0.6 is 34.8 Å². The van der Waals surface area contributed by atoms with Crippen LogP contribution in [0.25, 0.3) is 66.5 Å². The number of hydrogen-bond donors (Lipinski definition) is 6. The van der Waals surface area contributed by atoms with Gasteiger partial charge >= 0.3 is 19.8 Å². The smallest absolute Gasteiger partial charge is 0.387 e. The third-order valence-corrected chi connectivity index (χ3v) is 26.3. The largest absolute Gasteiger partial charge is 0.434 e. The lowest BCUT2D eigenvalue weighted by molar-refractivity contribution is -0.119. The van der Waals surface area contributed by atoms with Crippen LogP contribution in [0.5, 0.6) is 17.2 Å². The standard InChI is InChI=1S/2C28H26ClF2N3O4S.C26H24ClF2N3O3S/c2*1-16(35)32-14-22(18-8-10-19(11-9-18)39(36,37)15-17-6-7-17)27-33-24-12-21(23(29)13-25(24)34-27)20-4-2-3-5-26(20)38-28(30)31;27-21-12-23-22(11-19(21)18-3-1-2-4-24(18)35-26(28)29)31-25(32-23)20(13-30)16-7-9-17(10-8-16)36(33,34)14-15-5-6-15/h2*2-5,8-13,17,22,28H,6-7,14-15H2,1H3,(H,32,35)(H,33,34);1-4,7-12,15,20,26H,5-6,13-14,30H2,(H,31,32). The Morgan fingerprint density at radius 2 is 0.675 bits per heavy atom. The summed E-state index contributed by atoms with van der Waals surface area (Å²) in [7, 11) is -10.0. The number of rotatable bonds is 29. The fraction of sp³-hybridized carbons (Fsp3) is 0.280. The van der Waals surface area contributed by atoms with Crippen LogP contribution in [-0.4, -0.2) is 124 Å². The van der Waals surface area contributed by atoms with Crippen LogP contribution in [0.4, 0.5) is 26.3 Å². The monoisotopic (exact) mass is 1680 g/mol. The molecule has 9 aromatic carbocycles. The van der Waals surface area contributed by atoms with Gasteiger partial charge in [0.25, 0.3) is 0 Å². The summed E-state index contributed by atoms with van der Waals surface area (Å²) in [5, 5.41) is 6.59. The predicted molar refractivity (Wildman–Crippen MR) is 425 cm³/mol. The summed E-state index contributed by atoms with van der Waals surface area (Å²) >= 11 is 19.6. The first-order chi connectivity index (χ1) is 54.5. The van der Waals surface area contributed by atoms with Crippen molar-refractivity contribution < 1.29 is 75.4 Å². The second-order valence-corrected chi connectivity index (χ2v) is 35.5. The number of amides is 2. The van der Waals surface area contributed by atoms with E-state index in [4.69, 9.17) is 55.5 Å². The Morgan fingerprint density at radius 1 is 0.412 bits per heavy atom. The Kier molecular flexibility index (Phi) is 25.2. The molecule has 3 atom stereocenters. The number of sulfone groups is 3. The first kappa shape index (κ1) is 82.0. The molecule has 0 bridgehead atoms. The molecule has 2 amide bonds. The molecule has 114 heavy (non-hydrogen) atoms. The molecule has 3 unspecified atom stereocenters. The molecule has 15 rings (SSSR count). The molecular weight excluding hydrogens is 1600 g/mol. The summed E-state index contributed by atoms with van der Waals surface area (Å²) < 4.78 is 168. The molecule has 3 heterocycles. The summed E-state index contributed by atoms with van der Waals surface area (Å²) in [6.45, 7) is -5.46. The molecule has 7 N–H and O–H groups in total. The number of halogens is 9. The molecule has 3 aromatic heterocycles. The molecule has 0 spiro atoms. The van der Waals surface area contributed by atoms with Gasteiger partial charge in [0.05, 0.1) is 97.9 Å². The zero-order chi connectivity index (χ0) is 80.9. The van der Waals surface area contributed by atoms with Gasteiger partial charge < -0.3 is 45.5 Å². The molecule has 32 heteroatoms. The highest BCUT2D eigenvalue weighted by Crippen LogP contribution is 2.44. The number of aromatic amines is 3. The number of H-pyrrole nitrogens is 3. The number of imidazole rings is 3. The van der Waals surface area contributed by atoms with Crippen LogP contribution in [0.3, 0.4) is 0 Å². The minimum Gasteiger partial charge on any atom is -0.434 e. The normalized spacial score (nSPS) is 14.6. The van der Waals surface area contributed by atoms with Crippen molar-refractivity contribution in [1.82, 2.24) is 40.5 Å². The van der Waals surface area contributed by atoms with E-state index in [0.717, 1.165) is 55.2 Å². The Balaban J connectivity index is 0.000000149. The fourth-order valence-corrected chi connectivity index (χ4v) is 19.3. The highest BCUT2D eigenvalue weighted by molar-refractivity contribution is 7.92. The zero-order valence-electron chi connectivity index (χ0n) is 61.0. The van der Waals surface area contributed by atoms with Crippen LogP contribution in [0.2, 0.25) is 15.1 Å². The summed E-state index contributed by atoms with van der Waals surface area (Å²) in [4.78, 5) is 48.2. The second kappa shape index (κ2) is 35.0. The van der Waals surface area contributed by atoms with E-state index in [9.17, 15) is 61.2 Å². The number of nitrogens with one attached hydrogen (secondary N) is 5. The van der Waals surface area contributed by atoms with Crippen molar-refractivity contribution in [1.29, 1.82) is 0 Å². The Labute approximate surface area is 667 Å². The van der Waals surface area contributed by atoms with Crippen molar-refractivity contribution >= 4 is 109 Å². The van der Waals surface area contributed by atoms with Crippen molar-refractivity contribution in [2.24, 2.45) is 23.5 Å². The van der Waals surface area contributed by atoms with E-state index < -0.39 is 61.2 Å². The molecule has 0 saturated heterocycles. The number of ether oxygens (including phenoxy) is 3. The van der Waals surface area contributed by atoms with E-state index in [1.807, 2.05) is 0 Å². The number of carbonyl (C=O) groups is 2. The van der Waals surface area contributed by atoms with Gasteiger partial charge in [0.1, 0.15) is 34.7 Å². The number of alkyl halides is 6. The SMILES string of the molecule is CC(=O)NCC(c1ccc(S(=O)(=O)CC2CC2)cc1)c1nc2cc(-c3ccccc3OC(F)F)c(Cl)cc2[nH]1.CC(=O)NCC(c1ccc(S(=O)(=O)CC2CC2)cc1)c1nc2cc(-c3ccccc3OC(F)F)c(Cl)cc2[nH]1.NCC(c1ccc(S(=O)(=O)CC2CC2)cc1)c1nc2cc(-c3ccccc3OC(F)F)c(Cl)cc2[nH]1. The topological polar surface area (TPSA) is 300 Å². The average Bonchev–Trinajstić information content (AvgIpc) is 1.61. The van der Waals surface area contributed by atoms with Gasteiger partial charge in [0.15, 0.2) is 29.5 Å². The predicted octanol–water partition coefficient (Wildman–Crippen LogP) is 17.6. The molecular formula is C82H76Cl3F6N9O11S3. The minimum absolute atomic E-state index is 0.00947. The first-order valence-corrected chi connectivity index (χ1v) is 42.4. The molecule has 0 radical (unpaired) electrons. The summed E-state index contributed by atoms with van der Waals surface area (Å²) in [5.74, 6) is 1.29. The molecule has 0 aliphatic heterocycles. The van der Waals surface area contributed by atoms with Gasteiger partial charge in [-0.25, -0.2) is 40.2 Å². The van der Waals surface area contributed by atoms with E-state index in [1.165, 1.54) is 32.0 Å². The highest BCUT2D eigenvalue weighted by Gasteiger charge is 2.33. The lowest BCUT2D eigenvalue weighted by Crippen LogP contribution is -2.27. The third kappa shape index (κ3) is 20.2. The van der Waals surface area contributed by atoms with E-state index in [1.54, 1.807) is 164 Å². The Morgan fingerprint density at radius 3 is 0.930 bits per heavy atom. The van der Waals surface area contributed by atoms with Crippen molar-refractivity contribution in [2.75, 3.05) is 36.9 Å². The van der Waals surface area contributed by atoms with Gasteiger partial charge in [0, 0.05) is 66.9 Å². The lowest BCUT2D eigenvalue weighted by atomic mass is 9.98. The van der Waals surface area contributed by atoms with E-state index in [2.05, 4.69) is 39.8 Å². The Hall–Kier alpha value is -10.0. The van der Waals surface area contributed by atoms with Gasteiger partial charge in [-0.1, -0.05) is 126 Å². The number of fused-ring (bicyclic) bond motifs is 3. The fourth-order valence-electron chi connectivity index (χ4n) is 13.4. The highest BCUT2D eigenvalue weighted by atomic mass is 35.5. The maximum absolute atomic E-state index is 13.0. The molecule has 20 nitrogen and oxygen atoms in total. The molecule has 3 saturated carbocycles. The van der Waals surface area contributed by atoms with Gasteiger partial charge in [-0.05, 0) is 164 Å². The third-order valence-electron chi connectivity index (χ3n) is 19.7. The molecule has 596 valence electrons. The van der Waals surface area contributed by atoms with Gasteiger partial charge in [0.2, 0.25) is 11.8 Å². The van der Waals surface area contributed by atoms with E-state index >= 15 is 0 Å². The molecule has 3 fully saturated rings. The molecule has 12 aromatic rings. The molecule has 3 aliphatic carbocycles. The maximum Gasteiger partial charge on any atom is 0.387 e. The van der Waals surface area contributed by atoms with Crippen LogP contribution in [0.15, 0.2) is 197 Å².